The number of hydrogen-bond acceptors (Lipinski definition) is 4. The smallest absolute Gasteiger partial charge is 0.150 e. The lowest BCUT2D eigenvalue weighted by molar-refractivity contribution is 0.775. The topological polar surface area (TPSA) is 41.1 Å². The Kier molecular flexibility index (Phi) is 5.14. The summed E-state index contributed by atoms with van der Waals surface area (Å²) in [7, 11) is 0. The first-order valence-electron chi connectivity index (χ1n) is 7.52. The summed E-state index contributed by atoms with van der Waals surface area (Å²) in [5.41, 5.74) is 3.48. The van der Waals surface area contributed by atoms with Gasteiger partial charge in [0.1, 0.15) is 11.6 Å². The van der Waals surface area contributed by atoms with Crippen molar-refractivity contribution in [3.05, 3.63) is 47.4 Å². The van der Waals surface area contributed by atoms with Crippen LogP contribution in [-0.4, -0.2) is 23.1 Å². The van der Waals surface area contributed by atoms with Crippen LogP contribution in [0, 0.1) is 13.8 Å². The van der Waals surface area contributed by atoms with Crippen molar-refractivity contribution in [3.8, 4) is 0 Å². The molecule has 0 spiro atoms. The number of aryl methyl sites for hydroxylation is 2. The van der Waals surface area contributed by atoms with Crippen LogP contribution >= 0.6 is 0 Å². The van der Waals surface area contributed by atoms with E-state index in [0.717, 1.165) is 37.0 Å². The van der Waals surface area contributed by atoms with Crippen LogP contribution in [0.1, 0.15) is 30.9 Å². The number of hydrogen-bond donors (Lipinski definition) is 1. The quantitative estimate of drug-likeness (QED) is 0.880. The van der Waals surface area contributed by atoms with Gasteiger partial charge < -0.3 is 10.2 Å². The molecule has 1 aromatic carbocycles. The molecule has 0 aliphatic carbocycles. The first kappa shape index (κ1) is 15.3. The van der Waals surface area contributed by atoms with Crippen molar-refractivity contribution in [1.29, 1.82) is 0 Å². The van der Waals surface area contributed by atoms with Crippen molar-refractivity contribution in [2.24, 2.45) is 0 Å². The highest BCUT2D eigenvalue weighted by atomic mass is 15.2. The largest absolute Gasteiger partial charge is 0.370 e. The first-order chi connectivity index (χ1) is 10.1. The SMILES string of the molecule is CCNc1cc(C)nc(CN(CC)c2ccc(C)cc2)n1. The van der Waals surface area contributed by atoms with Gasteiger partial charge in [0.05, 0.1) is 6.54 Å². The van der Waals surface area contributed by atoms with Gasteiger partial charge in [0, 0.05) is 30.5 Å². The maximum absolute atomic E-state index is 4.59. The van der Waals surface area contributed by atoms with E-state index >= 15 is 0 Å². The molecular formula is C17H24N4. The minimum atomic E-state index is 0.722. The molecule has 0 aliphatic heterocycles. The second-order valence-corrected chi connectivity index (χ2v) is 5.19. The van der Waals surface area contributed by atoms with E-state index in [2.05, 4.69) is 65.2 Å². The monoisotopic (exact) mass is 284 g/mol. The summed E-state index contributed by atoms with van der Waals surface area (Å²) in [5.74, 6) is 1.76. The summed E-state index contributed by atoms with van der Waals surface area (Å²) >= 11 is 0. The summed E-state index contributed by atoms with van der Waals surface area (Å²) in [5, 5.41) is 3.26. The third-order valence-corrected chi connectivity index (χ3v) is 3.37. The number of rotatable bonds is 6. The molecule has 0 amide bonds. The second-order valence-electron chi connectivity index (χ2n) is 5.19. The highest BCUT2D eigenvalue weighted by molar-refractivity contribution is 5.47. The number of nitrogens with one attached hydrogen (secondary N) is 1. The minimum Gasteiger partial charge on any atom is -0.370 e. The molecule has 112 valence electrons. The maximum atomic E-state index is 4.59. The molecule has 1 heterocycles. The summed E-state index contributed by atoms with van der Waals surface area (Å²) in [6.45, 7) is 10.9. The Morgan fingerprint density at radius 3 is 2.38 bits per heavy atom. The molecule has 0 unspecified atom stereocenters. The highest BCUT2D eigenvalue weighted by Gasteiger charge is 2.09. The molecule has 2 rings (SSSR count). The van der Waals surface area contributed by atoms with E-state index in [9.17, 15) is 0 Å². The highest BCUT2D eigenvalue weighted by Crippen LogP contribution is 2.17. The van der Waals surface area contributed by atoms with E-state index in [-0.39, 0.29) is 0 Å². The molecule has 1 aromatic heterocycles. The maximum Gasteiger partial charge on any atom is 0.150 e. The predicted octanol–water partition coefficient (Wildman–Crippen LogP) is 3.55. The van der Waals surface area contributed by atoms with Crippen LogP contribution in [-0.2, 0) is 6.54 Å². The average Bonchev–Trinajstić information content (AvgIpc) is 2.45. The molecule has 21 heavy (non-hydrogen) atoms. The van der Waals surface area contributed by atoms with Crippen molar-refractivity contribution in [3.63, 3.8) is 0 Å². The van der Waals surface area contributed by atoms with Crippen molar-refractivity contribution in [2.45, 2.75) is 34.2 Å². The third kappa shape index (κ3) is 4.18. The van der Waals surface area contributed by atoms with Crippen LogP contribution in [0.25, 0.3) is 0 Å². The van der Waals surface area contributed by atoms with Gasteiger partial charge in [-0.2, -0.15) is 0 Å². The zero-order chi connectivity index (χ0) is 15.2. The van der Waals surface area contributed by atoms with E-state index in [1.54, 1.807) is 0 Å². The van der Waals surface area contributed by atoms with Gasteiger partial charge in [-0.15, -0.1) is 0 Å². The van der Waals surface area contributed by atoms with Gasteiger partial charge in [0.15, 0.2) is 0 Å². The van der Waals surface area contributed by atoms with Crippen molar-refractivity contribution in [2.75, 3.05) is 23.3 Å². The Morgan fingerprint density at radius 2 is 1.76 bits per heavy atom. The van der Waals surface area contributed by atoms with Crippen molar-refractivity contribution < 1.29 is 0 Å². The lowest BCUT2D eigenvalue weighted by atomic mass is 10.2. The molecule has 2 aromatic rings. The number of nitrogens with zero attached hydrogens (tertiary/aromatic N) is 3. The molecule has 0 saturated heterocycles. The second kappa shape index (κ2) is 7.07. The Hall–Kier alpha value is -2.10. The normalized spacial score (nSPS) is 10.5. The minimum absolute atomic E-state index is 0.722. The van der Waals surface area contributed by atoms with Crippen molar-refractivity contribution in [1.82, 2.24) is 9.97 Å². The van der Waals surface area contributed by atoms with Crippen LogP contribution in [0.3, 0.4) is 0 Å². The summed E-state index contributed by atoms with van der Waals surface area (Å²) in [6.07, 6.45) is 0. The van der Waals surface area contributed by atoms with Crippen LogP contribution in [0.15, 0.2) is 30.3 Å². The fraction of sp³-hybridized carbons (Fsp3) is 0.412. The van der Waals surface area contributed by atoms with Crippen LogP contribution in [0.2, 0.25) is 0 Å². The standard InChI is InChI=1S/C17H24N4/c1-5-18-16-11-14(4)19-17(20-16)12-21(6-2)15-9-7-13(3)8-10-15/h7-11H,5-6,12H2,1-4H3,(H,18,19,20). The molecule has 0 bridgehead atoms. The molecule has 0 atom stereocenters. The summed E-state index contributed by atoms with van der Waals surface area (Å²) < 4.78 is 0. The van der Waals surface area contributed by atoms with E-state index < -0.39 is 0 Å². The Labute approximate surface area is 127 Å². The van der Waals surface area contributed by atoms with Gasteiger partial charge in [0.25, 0.3) is 0 Å². The van der Waals surface area contributed by atoms with Gasteiger partial charge in [-0.1, -0.05) is 17.7 Å². The number of aromatic nitrogens is 2. The van der Waals surface area contributed by atoms with E-state index in [1.807, 2.05) is 13.0 Å². The van der Waals surface area contributed by atoms with Crippen LogP contribution in [0.5, 0.6) is 0 Å². The number of benzene rings is 1. The van der Waals surface area contributed by atoms with E-state index in [0.29, 0.717) is 0 Å². The molecule has 0 fully saturated rings. The van der Waals surface area contributed by atoms with Crippen LogP contribution < -0.4 is 10.2 Å². The summed E-state index contributed by atoms with van der Waals surface area (Å²) in [6, 6.07) is 10.6. The van der Waals surface area contributed by atoms with Gasteiger partial charge in [-0.3, -0.25) is 0 Å². The number of anilines is 2. The lowest BCUT2D eigenvalue weighted by Crippen LogP contribution is -2.23. The van der Waals surface area contributed by atoms with Gasteiger partial charge in [-0.05, 0) is 39.8 Å². The van der Waals surface area contributed by atoms with Gasteiger partial charge >= 0.3 is 0 Å². The predicted molar refractivity (Wildman–Crippen MR) is 88.8 cm³/mol. The lowest BCUT2D eigenvalue weighted by Gasteiger charge is -2.22. The summed E-state index contributed by atoms with van der Waals surface area (Å²) in [4.78, 5) is 11.4. The molecule has 0 radical (unpaired) electrons. The van der Waals surface area contributed by atoms with Gasteiger partial charge in [0.2, 0.25) is 0 Å². The molecule has 0 aliphatic rings. The van der Waals surface area contributed by atoms with Crippen LogP contribution in [0.4, 0.5) is 11.5 Å². The zero-order valence-electron chi connectivity index (χ0n) is 13.3. The van der Waals surface area contributed by atoms with Crippen molar-refractivity contribution >= 4 is 11.5 Å². The van der Waals surface area contributed by atoms with E-state index in [4.69, 9.17) is 0 Å². The Balaban J connectivity index is 2.20. The molecule has 1 N–H and O–H groups in total. The van der Waals surface area contributed by atoms with E-state index in [1.165, 1.54) is 11.3 Å². The Morgan fingerprint density at radius 1 is 1.05 bits per heavy atom. The first-order valence-corrected chi connectivity index (χ1v) is 7.52. The fourth-order valence-corrected chi connectivity index (χ4v) is 2.28. The molecule has 0 saturated carbocycles. The fourth-order valence-electron chi connectivity index (χ4n) is 2.28. The molecular weight excluding hydrogens is 260 g/mol. The Bertz CT molecular complexity index is 578. The molecule has 4 heteroatoms. The zero-order valence-corrected chi connectivity index (χ0v) is 13.3. The average molecular weight is 284 g/mol. The third-order valence-electron chi connectivity index (χ3n) is 3.37. The van der Waals surface area contributed by atoms with Gasteiger partial charge in [-0.25, -0.2) is 9.97 Å². The molecule has 4 nitrogen and oxygen atoms in total.